The smallest absolute Gasteiger partial charge is 0.326 e. The number of allylic oxidation sites excluding steroid dienone is 1. The Morgan fingerprint density at radius 3 is 2.52 bits per heavy atom. The highest BCUT2D eigenvalue weighted by atomic mass is 16.4. The molecule has 1 aromatic carbocycles. The molecule has 0 saturated heterocycles. The number of carboxylic acids is 1. The molecule has 7 heteroatoms. The van der Waals surface area contributed by atoms with Gasteiger partial charge in [-0.2, -0.15) is 0 Å². The Hall–Kier alpha value is -2.83. The van der Waals surface area contributed by atoms with Crippen LogP contribution in [0.2, 0.25) is 0 Å². The van der Waals surface area contributed by atoms with E-state index in [0.29, 0.717) is 6.54 Å². The molecule has 0 aliphatic carbocycles. The zero-order valence-corrected chi connectivity index (χ0v) is 14.6. The van der Waals surface area contributed by atoms with E-state index in [9.17, 15) is 14.4 Å². The van der Waals surface area contributed by atoms with Crippen LogP contribution in [0.5, 0.6) is 0 Å². The minimum Gasteiger partial charge on any atom is -0.480 e. The number of rotatable bonds is 9. The van der Waals surface area contributed by atoms with Gasteiger partial charge in [0.25, 0.3) is 0 Å². The van der Waals surface area contributed by atoms with Gasteiger partial charge in [-0.05, 0) is 18.9 Å². The van der Waals surface area contributed by atoms with E-state index in [0.717, 1.165) is 5.56 Å². The van der Waals surface area contributed by atoms with Crippen molar-refractivity contribution < 1.29 is 19.5 Å². The summed E-state index contributed by atoms with van der Waals surface area (Å²) in [5.41, 5.74) is 1.01. The Labute approximate surface area is 147 Å². The summed E-state index contributed by atoms with van der Waals surface area (Å²) in [5.74, 6) is -1.50. The van der Waals surface area contributed by atoms with Crippen molar-refractivity contribution in [2.75, 3.05) is 13.6 Å². The van der Waals surface area contributed by atoms with Crippen molar-refractivity contribution >= 4 is 17.9 Å². The Morgan fingerprint density at radius 1 is 1.24 bits per heavy atom. The molecular formula is C18H25N3O4. The van der Waals surface area contributed by atoms with Crippen LogP contribution in [0.1, 0.15) is 25.3 Å². The molecule has 0 aromatic heterocycles. The molecule has 0 aliphatic rings. The number of urea groups is 1. The first-order valence-corrected chi connectivity index (χ1v) is 8.10. The standard InChI is InChI=1S/C18H25N3O4/c1-3-4-10-15(17(23)24)20-16(22)11-12-19-18(25)21(2)13-14-8-6-5-7-9-14/h3-9,15H,10-13H2,1-2H3,(H,19,25)(H,20,22)(H,23,24)/b4-3+. The molecule has 3 N–H and O–H groups in total. The van der Waals surface area contributed by atoms with Crippen LogP contribution in [0.3, 0.4) is 0 Å². The number of carbonyl (C=O) groups is 3. The van der Waals surface area contributed by atoms with Crippen LogP contribution in [-0.4, -0.2) is 47.5 Å². The highest BCUT2D eigenvalue weighted by Gasteiger charge is 2.18. The molecule has 3 amide bonds. The molecule has 7 nitrogen and oxygen atoms in total. The first-order chi connectivity index (χ1) is 11.9. The molecule has 136 valence electrons. The average Bonchev–Trinajstić information content (AvgIpc) is 2.59. The Kier molecular flexibility index (Phi) is 8.78. The van der Waals surface area contributed by atoms with Crippen molar-refractivity contribution in [3.8, 4) is 0 Å². The SMILES string of the molecule is C/C=C/CC(NC(=O)CCNC(=O)N(C)Cc1ccccc1)C(=O)O. The van der Waals surface area contributed by atoms with Gasteiger partial charge in [-0.25, -0.2) is 9.59 Å². The summed E-state index contributed by atoms with van der Waals surface area (Å²) >= 11 is 0. The maximum atomic E-state index is 12.0. The summed E-state index contributed by atoms with van der Waals surface area (Å²) in [7, 11) is 1.67. The monoisotopic (exact) mass is 347 g/mol. The second-order valence-corrected chi connectivity index (χ2v) is 5.59. The molecule has 0 fully saturated rings. The first-order valence-electron chi connectivity index (χ1n) is 8.10. The van der Waals surface area contributed by atoms with Gasteiger partial charge in [0.1, 0.15) is 6.04 Å². The number of nitrogens with zero attached hydrogens (tertiary/aromatic N) is 1. The zero-order chi connectivity index (χ0) is 18.7. The first kappa shape index (κ1) is 20.2. The van der Waals surface area contributed by atoms with Crippen LogP contribution in [-0.2, 0) is 16.1 Å². The lowest BCUT2D eigenvalue weighted by Gasteiger charge is -2.18. The maximum absolute atomic E-state index is 12.0. The van der Waals surface area contributed by atoms with E-state index in [4.69, 9.17) is 5.11 Å². The predicted molar refractivity (Wildman–Crippen MR) is 94.9 cm³/mol. The van der Waals surface area contributed by atoms with E-state index in [-0.39, 0.29) is 25.4 Å². The Bertz CT molecular complexity index is 602. The predicted octanol–water partition coefficient (Wildman–Crippen LogP) is 1.75. The second-order valence-electron chi connectivity index (χ2n) is 5.59. The van der Waals surface area contributed by atoms with Crippen molar-refractivity contribution in [3.63, 3.8) is 0 Å². The van der Waals surface area contributed by atoms with E-state index in [1.807, 2.05) is 30.3 Å². The molecule has 0 radical (unpaired) electrons. The molecule has 1 atom stereocenters. The lowest BCUT2D eigenvalue weighted by atomic mass is 10.2. The third-order valence-electron chi connectivity index (χ3n) is 3.48. The minimum atomic E-state index is -1.09. The molecule has 0 spiro atoms. The normalized spacial score (nSPS) is 11.8. The molecular weight excluding hydrogens is 322 g/mol. The molecule has 0 bridgehead atoms. The second kappa shape index (κ2) is 10.9. The number of carboxylic acid groups (broad SMARTS) is 1. The van der Waals surface area contributed by atoms with Gasteiger partial charge in [0, 0.05) is 26.6 Å². The van der Waals surface area contributed by atoms with Gasteiger partial charge in [0.2, 0.25) is 5.91 Å². The Balaban J connectivity index is 2.33. The molecule has 1 rings (SSSR count). The lowest BCUT2D eigenvalue weighted by molar-refractivity contribution is -0.141. The van der Waals surface area contributed by atoms with E-state index in [1.54, 1.807) is 26.1 Å². The summed E-state index contributed by atoms with van der Waals surface area (Å²) in [6, 6.07) is 8.31. The van der Waals surface area contributed by atoms with E-state index in [1.165, 1.54) is 4.90 Å². The zero-order valence-electron chi connectivity index (χ0n) is 14.6. The van der Waals surface area contributed by atoms with Gasteiger partial charge in [0.15, 0.2) is 0 Å². The van der Waals surface area contributed by atoms with Crippen molar-refractivity contribution in [1.82, 2.24) is 15.5 Å². The van der Waals surface area contributed by atoms with E-state index < -0.39 is 17.9 Å². The summed E-state index contributed by atoms with van der Waals surface area (Å²) < 4.78 is 0. The van der Waals surface area contributed by atoms with Crippen molar-refractivity contribution in [2.24, 2.45) is 0 Å². The number of hydrogen-bond donors (Lipinski definition) is 3. The van der Waals surface area contributed by atoms with Gasteiger partial charge in [-0.1, -0.05) is 42.5 Å². The van der Waals surface area contributed by atoms with Crippen LogP contribution in [0.15, 0.2) is 42.5 Å². The number of hydrogen-bond acceptors (Lipinski definition) is 3. The number of nitrogens with one attached hydrogen (secondary N) is 2. The van der Waals surface area contributed by atoms with Gasteiger partial charge in [-0.15, -0.1) is 0 Å². The number of aliphatic carboxylic acids is 1. The summed E-state index contributed by atoms with van der Waals surface area (Å²) in [6.45, 7) is 2.38. The fourth-order valence-corrected chi connectivity index (χ4v) is 2.11. The van der Waals surface area contributed by atoms with Crippen LogP contribution in [0, 0.1) is 0 Å². The quantitative estimate of drug-likeness (QED) is 0.593. The van der Waals surface area contributed by atoms with Gasteiger partial charge in [0.05, 0.1) is 0 Å². The largest absolute Gasteiger partial charge is 0.480 e. The fourth-order valence-electron chi connectivity index (χ4n) is 2.11. The van der Waals surface area contributed by atoms with Crippen molar-refractivity contribution in [2.45, 2.75) is 32.4 Å². The van der Waals surface area contributed by atoms with Gasteiger partial charge in [-0.3, -0.25) is 4.79 Å². The van der Waals surface area contributed by atoms with E-state index in [2.05, 4.69) is 10.6 Å². The summed E-state index contributed by atoms with van der Waals surface area (Å²) in [4.78, 5) is 36.4. The van der Waals surface area contributed by atoms with Crippen LogP contribution < -0.4 is 10.6 Å². The highest BCUT2D eigenvalue weighted by molar-refractivity contribution is 5.84. The summed E-state index contributed by atoms with van der Waals surface area (Å²) in [5, 5.41) is 14.1. The Morgan fingerprint density at radius 2 is 1.92 bits per heavy atom. The molecule has 1 aromatic rings. The third kappa shape index (κ3) is 8.01. The fraction of sp³-hybridized carbons (Fsp3) is 0.389. The molecule has 0 saturated carbocycles. The molecule has 25 heavy (non-hydrogen) atoms. The van der Waals surface area contributed by atoms with Gasteiger partial charge < -0.3 is 20.6 Å². The van der Waals surface area contributed by atoms with Crippen LogP contribution >= 0.6 is 0 Å². The van der Waals surface area contributed by atoms with Crippen LogP contribution in [0.4, 0.5) is 4.79 Å². The highest BCUT2D eigenvalue weighted by Crippen LogP contribution is 2.02. The topological polar surface area (TPSA) is 98.7 Å². The van der Waals surface area contributed by atoms with Gasteiger partial charge >= 0.3 is 12.0 Å². The third-order valence-corrected chi connectivity index (χ3v) is 3.48. The van der Waals surface area contributed by atoms with Crippen LogP contribution in [0.25, 0.3) is 0 Å². The lowest BCUT2D eigenvalue weighted by Crippen LogP contribution is -2.43. The maximum Gasteiger partial charge on any atom is 0.326 e. The molecule has 1 unspecified atom stereocenters. The summed E-state index contributed by atoms with van der Waals surface area (Å²) in [6.07, 6.45) is 3.65. The molecule has 0 aliphatic heterocycles. The average molecular weight is 347 g/mol. The number of benzene rings is 1. The molecule has 0 heterocycles. The number of carbonyl (C=O) groups excluding carboxylic acids is 2. The minimum absolute atomic E-state index is 0.0184. The van der Waals surface area contributed by atoms with Crippen molar-refractivity contribution in [1.29, 1.82) is 0 Å². The van der Waals surface area contributed by atoms with E-state index >= 15 is 0 Å². The number of amides is 3. The van der Waals surface area contributed by atoms with Crippen molar-refractivity contribution in [3.05, 3.63) is 48.0 Å².